The summed E-state index contributed by atoms with van der Waals surface area (Å²) in [5, 5.41) is 5.67. The number of carbonyl (C=O) groups is 1. The van der Waals surface area contributed by atoms with Crippen LogP contribution in [0.3, 0.4) is 0 Å². The summed E-state index contributed by atoms with van der Waals surface area (Å²) < 4.78 is 0. The van der Waals surface area contributed by atoms with Crippen LogP contribution in [0, 0.1) is 5.92 Å². The number of nitrogens with zero attached hydrogens (tertiary/aromatic N) is 1. The summed E-state index contributed by atoms with van der Waals surface area (Å²) in [6.45, 7) is 0.718. The first-order valence-electron chi connectivity index (χ1n) is 2.82. The Bertz CT molecular complexity index is 143. The van der Waals surface area contributed by atoms with Gasteiger partial charge in [-0.2, -0.15) is 5.10 Å². The second kappa shape index (κ2) is 2.48. The molecule has 1 aliphatic heterocycles. The molecule has 1 unspecified atom stereocenters. The zero-order valence-corrected chi connectivity index (χ0v) is 4.92. The fraction of sp³-hybridized carbons (Fsp3) is 0.600. The zero-order chi connectivity index (χ0) is 6.69. The SMILES string of the molecule is [NH]/N=C/C1CCNC1=O. The monoisotopic (exact) mass is 126 g/mol. The van der Waals surface area contributed by atoms with E-state index in [2.05, 4.69) is 10.4 Å². The number of nitrogens with one attached hydrogen (secondary N) is 2. The molecular formula is C5H8N3O. The van der Waals surface area contributed by atoms with E-state index in [1.165, 1.54) is 6.21 Å². The van der Waals surface area contributed by atoms with E-state index < -0.39 is 0 Å². The molecule has 0 aliphatic carbocycles. The van der Waals surface area contributed by atoms with Crippen molar-refractivity contribution in [3.05, 3.63) is 0 Å². The number of amides is 1. The van der Waals surface area contributed by atoms with Crippen molar-refractivity contribution < 1.29 is 4.79 Å². The van der Waals surface area contributed by atoms with Gasteiger partial charge in [0.15, 0.2) is 0 Å². The topological polar surface area (TPSA) is 65.3 Å². The predicted octanol–water partition coefficient (Wildman–Crippen LogP) is -0.609. The third-order valence-corrected chi connectivity index (χ3v) is 1.35. The normalized spacial score (nSPS) is 27.1. The first-order valence-corrected chi connectivity index (χ1v) is 2.82. The third kappa shape index (κ3) is 1.19. The van der Waals surface area contributed by atoms with Gasteiger partial charge in [0, 0.05) is 12.8 Å². The molecule has 2 N–H and O–H groups in total. The molecule has 1 atom stereocenters. The Morgan fingerprint density at radius 1 is 1.89 bits per heavy atom. The summed E-state index contributed by atoms with van der Waals surface area (Å²) in [5.41, 5.74) is 0. The van der Waals surface area contributed by atoms with E-state index in [0.717, 1.165) is 13.0 Å². The van der Waals surface area contributed by atoms with Crippen LogP contribution in [0.5, 0.6) is 0 Å². The van der Waals surface area contributed by atoms with Gasteiger partial charge in [-0.15, -0.1) is 0 Å². The minimum absolute atomic E-state index is 0.00833. The summed E-state index contributed by atoms with van der Waals surface area (Å²) in [6, 6.07) is 0. The van der Waals surface area contributed by atoms with Crippen LogP contribution in [0.1, 0.15) is 6.42 Å². The van der Waals surface area contributed by atoms with E-state index >= 15 is 0 Å². The van der Waals surface area contributed by atoms with Crippen LogP contribution in [0.4, 0.5) is 0 Å². The van der Waals surface area contributed by atoms with Crippen LogP contribution in [-0.4, -0.2) is 18.7 Å². The van der Waals surface area contributed by atoms with Crippen molar-refractivity contribution in [1.29, 1.82) is 0 Å². The molecule has 1 fully saturated rings. The molecule has 1 rings (SSSR count). The highest BCUT2D eigenvalue weighted by Gasteiger charge is 2.21. The minimum Gasteiger partial charge on any atom is -0.356 e. The van der Waals surface area contributed by atoms with Crippen molar-refractivity contribution in [2.75, 3.05) is 6.54 Å². The van der Waals surface area contributed by atoms with Crippen LogP contribution in [-0.2, 0) is 4.79 Å². The third-order valence-electron chi connectivity index (χ3n) is 1.35. The average Bonchev–Trinajstić information content (AvgIpc) is 2.18. The maximum Gasteiger partial charge on any atom is 0.228 e. The maximum absolute atomic E-state index is 10.7. The molecule has 0 aromatic heterocycles. The van der Waals surface area contributed by atoms with Gasteiger partial charge >= 0.3 is 0 Å². The number of carbonyl (C=O) groups excluding carboxylic acids is 1. The molecular weight excluding hydrogens is 118 g/mol. The van der Waals surface area contributed by atoms with E-state index in [1.54, 1.807) is 0 Å². The molecule has 4 nitrogen and oxygen atoms in total. The summed E-state index contributed by atoms with van der Waals surface area (Å²) in [7, 11) is 0. The van der Waals surface area contributed by atoms with Gasteiger partial charge in [0.1, 0.15) is 0 Å². The highest BCUT2D eigenvalue weighted by Crippen LogP contribution is 2.04. The van der Waals surface area contributed by atoms with E-state index in [1.807, 2.05) is 0 Å². The molecule has 1 radical (unpaired) electrons. The van der Waals surface area contributed by atoms with E-state index in [0.29, 0.717) is 0 Å². The highest BCUT2D eigenvalue weighted by molar-refractivity contribution is 5.94. The minimum atomic E-state index is -0.150. The number of hydrogen-bond donors (Lipinski definition) is 1. The van der Waals surface area contributed by atoms with E-state index in [-0.39, 0.29) is 11.8 Å². The van der Waals surface area contributed by atoms with Crippen LogP contribution in [0.15, 0.2) is 5.10 Å². The molecule has 1 amide bonds. The molecule has 0 aromatic rings. The van der Waals surface area contributed by atoms with Crippen LogP contribution in [0.2, 0.25) is 0 Å². The van der Waals surface area contributed by atoms with Gasteiger partial charge in [-0.1, -0.05) is 0 Å². The van der Waals surface area contributed by atoms with Gasteiger partial charge in [0.05, 0.1) is 5.92 Å². The van der Waals surface area contributed by atoms with Crippen LogP contribution >= 0.6 is 0 Å². The largest absolute Gasteiger partial charge is 0.356 e. The van der Waals surface area contributed by atoms with Crippen molar-refractivity contribution in [2.45, 2.75) is 6.42 Å². The van der Waals surface area contributed by atoms with Gasteiger partial charge in [0.25, 0.3) is 0 Å². The second-order valence-electron chi connectivity index (χ2n) is 1.96. The molecule has 9 heavy (non-hydrogen) atoms. The Hall–Kier alpha value is -1.06. The fourth-order valence-electron chi connectivity index (χ4n) is 0.845. The summed E-state index contributed by atoms with van der Waals surface area (Å²) in [5.74, 6) is 6.29. The molecule has 1 saturated heterocycles. The zero-order valence-electron chi connectivity index (χ0n) is 4.92. The standard InChI is InChI=1S/C5H8N3O/c6-8-3-4-1-2-7-5(4)9/h3-4,6H,1-2H2,(H,7,9)/b8-3+. The Kier molecular flexibility index (Phi) is 1.67. The number of rotatable bonds is 1. The van der Waals surface area contributed by atoms with E-state index in [4.69, 9.17) is 5.84 Å². The highest BCUT2D eigenvalue weighted by atomic mass is 16.2. The van der Waals surface area contributed by atoms with Crippen LogP contribution < -0.4 is 11.2 Å². The Balaban J connectivity index is 2.49. The van der Waals surface area contributed by atoms with Gasteiger partial charge in [-0.25, -0.2) is 5.84 Å². The lowest BCUT2D eigenvalue weighted by atomic mass is 10.1. The Morgan fingerprint density at radius 2 is 2.67 bits per heavy atom. The second-order valence-corrected chi connectivity index (χ2v) is 1.96. The molecule has 49 valence electrons. The lowest BCUT2D eigenvalue weighted by Gasteiger charge is -1.92. The van der Waals surface area contributed by atoms with Gasteiger partial charge in [-0.05, 0) is 6.42 Å². The molecule has 1 heterocycles. The molecule has 1 aliphatic rings. The first kappa shape index (κ1) is 6.07. The summed E-state index contributed by atoms with van der Waals surface area (Å²) in [6.07, 6.45) is 2.14. The van der Waals surface area contributed by atoms with Crippen molar-refractivity contribution >= 4 is 12.1 Å². The number of hydrogen-bond acceptors (Lipinski definition) is 2. The Labute approximate surface area is 53.1 Å². The van der Waals surface area contributed by atoms with Gasteiger partial charge in [0.2, 0.25) is 5.91 Å². The quantitative estimate of drug-likeness (QED) is 0.369. The van der Waals surface area contributed by atoms with Crippen molar-refractivity contribution in [3.63, 3.8) is 0 Å². The maximum atomic E-state index is 10.7. The lowest BCUT2D eigenvalue weighted by Crippen LogP contribution is -2.19. The van der Waals surface area contributed by atoms with E-state index in [9.17, 15) is 4.79 Å². The molecule has 0 bridgehead atoms. The van der Waals surface area contributed by atoms with Crippen molar-refractivity contribution in [1.82, 2.24) is 11.2 Å². The van der Waals surface area contributed by atoms with Gasteiger partial charge < -0.3 is 5.32 Å². The fourth-order valence-corrected chi connectivity index (χ4v) is 0.845. The van der Waals surface area contributed by atoms with Crippen molar-refractivity contribution in [3.8, 4) is 0 Å². The van der Waals surface area contributed by atoms with Crippen LogP contribution in [0.25, 0.3) is 0 Å². The van der Waals surface area contributed by atoms with Gasteiger partial charge in [-0.3, -0.25) is 4.79 Å². The average molecular weight is 126 g/mol. The molecule has 4 heteroatoms. The predicted molar refractivity (Wildman–Crippen MR) is 32.7 cm³/mol. The molecule has 0 aromatic carbocycles. The van der Waals surface area contributed by atoms with Crippen molar-refractivity contribution in [2.24, 2.45) is 11.0 Å². The summed E-state index contributed by atoms with van der Waals surface area (Å²) >= 11 is 0. The Morgan fingerprint density at radius 3 is 3.11 bits per heavy atom. The smallest absolute Gasteiger partial charge is 0.228 e. The first-order chi connectivity index (χ1) is 4.34. The molecule has 0 spiro atoms. The lowest BCUT2D eigenvalue weighted by molar-refractivity contribution is -0.120. The molecule has 0 saturated carbocycles. The summed E-state index contributed by atoms with van der Waals surface area (Å²) in [4.78, 5) is 10.7.